The smallest absolute Gasteiger partial charge is 0.0701 e. The minimum absolute atomic E-state index is 0.778. The van der Waals surface area contributed by atoms with Crippen LogP contribution in [0.3, 0.4) is 0 Å². The van der Waals surface area contributed by atoms with Crippen LogP contribution in [0.15, 0.2) is 0 Å². The van der Waals surface area contributed by atoms with E-state index in [1.807, 2.05) is 0 Å². The summed E-state index contributed by atoms with van der Waals surface area (Å²) in [4.78, 5) is 0. The fourth-order valence-electron chi connectivity index (χ4n) is 1.19. The lowest BCUT2D eigenvalue weighted by molar-refractivity contribution is -0.0334. The average Bonchev–Trinajstić information content (AvgIpc) is 2.28. The molecule has 3 nitrogen and oxygen atoms in total. The molecule has 0 atom stereocenters. The average molecular weight is 203 g/mol. The van der Waals surface area contributed by atoms with Crippen LogP contribution in [-0.4, -0.2) is 33.0 Å². The second kappa shape index (κ2) is 12.9. The Morgan fingerprint density at radius 3 is 1.71 bits per heavy atom. The molecule has 1 aliphatic heterocycles. The van der Waals surface area contributed by atoms with Gasteiger partial charge in [0.25, 0.3) is 0 Å². The van der Waals surface area contributed by atoms with Crippen LogP contribution in [0.2, 0.25) is 0 Å². The summed E-state index contributed by atoms with van der Waals surface area (Å²) < 4.78 is 9.89. The van der Waals surface area contributed by atoms with Gasteiger partial charge in [-0.1, -0.05) is 32.6 Å². The van der Waals surface area contributed by atoms with E-state index in [1.54, 1.807) is 0 Å². The molecule has 14 heavy (non-hydrogen) atoms. The van der Waals surface area contributed by atoms with Crippen LogP contribution in [0.1, 0.15) is 39.0 Å². The lowest BCUT2D eigenvalue weighted by atomic mass is 10.2. The molecule has 3 heteroatoms. The molecule has 0 radical (unpaired) electrons. The van der Waals surface area contributed by atoms with Crippen molar-refractivity contribution in [1.29, 1.82) is 0 Å². The van der Waals surface area contributed by atoms with Crippen LogP contribution in [0.4, 0.5) is 0 Å². The Hall–Kier alpha value is -0.120. The molecule has 1 aliphatic rings. The van der Waals surface area contributed by atoms with Gasteiger partial charge in [0.05, 0.1) is 26.4 Å². The third kappa shape index (κ3) is 11.9. The third-order valence-electron chi connectivity index (χ3n) is 2.05. The fraction of sp³-hybridized carbons (Fsp3) is 1.00. The summed E-state index contributed by atoms with van der Waals surface area (Å²) in [6, 6.07) is 0. The highest BCUT2D eigenvalue weighted by Gasteiger charge is 1.94. The molecule has 0 aromatic carbocycles. The van der Waals surface area contributed by atoms with Gasteiger partial charge in [-0.05, 0) is 13.0 Å². The van der Waals surface area contributed by atoms with Gasteiger partial charge < -0.3 is 15.2 Å². The zero-order valence-corrected chi connectivity index (χ0v) is 9.46. The van der Waals surface area contributed by atoms with E-state index in [0.29, 0.717) is 0 Å². The molecule has 0 unspecified atom stereocenters. The van der Waals surface area contributed by atoms with Crippen molar-refractivity contribution >= 4 is 0 Å². The summed E-state index contributed by atoms with van der Waals surface area (Å²) in [6.45, 7) is 6.20. The Morgan fingerprint density at radius 1 is 0.857 bits per heavy atom. The number of unbranched alkanes of at least 4 members (excludes halogenated alkanes) is 4. The quantitative estimate of drug-likeness (QED) is 0.695. The first-order valence-electron chi connectivity index (χ1n) is 5.77. The lowest BCUT2D eigenvalue weighted by Crippen LogP contribution is -2.16. The van der Waals surface area contributed by atoms with Gasteiger partial charge in [0.2, 0.25) is 0 Å². The highest BCUT2D eigenvalue weighted by Crippen LogP contribution is 2.00. The summed E-state index contributed by atoms with van der Waals surface area (Å²) in [5.74, 6) is 0. The van der Waals surface area contributed by atoms with Gasteiger partial charge in [-0.3, -0.25) is 0 Å². The van der Waals surface area contributed by atoms with Gasteiger partial charge in [0.1, 0.15) is 0 Å². The zero-order valence-electron chi connectivity index (χ0n) is 9.46. The summed E-state index contributed by atoms with van der Waals surface area (Å²) in [5, 5.41) is 0. The lowest BCUT2D eigenvalue weighted by Gasteiger charge is -2.09. The molecule has 0 aromatic rings. The second-order valence-electron chi connectivity index (χ2n) is 3.43. The number of hydrogen-bond acceptors (Lipinski definition) is 3. The molecule has 1 rings (SSSR count). The highest BCUT2D eigenvalue weighted by molar-refractivity contribution is 4.41. The van der Waals surface area contributed by atoms with Crippen molar-refractivity contribution in [3.8, 4) is 0 Å². The molecule has 1 heterocycles. The van der Waals surface area contributed by atoms with Crippen LogP contribution >= 0.6 is 0 Å². The Labute approximate surface area is 88.0 Å². The Morgan fingerprint density at radius 2 is 1.36 bits per heavy atom. The Bertz CT molecular complexity index is 77.8. The minimum atomic E-state index is 0.778. The normalized spacial score (nSPS) is 15.9. The third-order valence-corrected chi connectivity index (χ3v) is 2.05. The number of hydrogen-bond donors (Lipinski definition) is 1. The van der Waals surface area contributed by atoms with Crippen LogP contribution < -0.4 is 5.73 Å². The van der Waals surface area contributed by atoms with E-state index >= 15 is 0 Å². The molecule has 1 saturated heterocycles. The first kappa shape index (κ1) is 13.9. The predicted molar refractivity (Wildman–Crippen MR) is 59.5 cm³/mol. The van der Waals surface area contributed by atoms with Gasteiger partial charge in [-0.25, -0.2) is 0 Å². The molecule has 0 saturated carbocycles. The predicted octanol–water partition coefficient (Wildman–Crippen LogP) is 1.95. The van der Waals surface area contributed by atoms with Crippen molar-refractivity contribution < 1.29 is 9.47 Å². The molecule has 2 N–H and O–H groups in total. The molecular formula is C11H25NO2. The topological polar surface area (TPSA) is 44.5 Å². The van der Waals surface area contributed by atoms with Crippen LogP contribution in [0, 0.1) is 0 Å². The van der Waals surface area contributed by atoms with Gasteiger partial charge in [-0.2, -0.15) is 0 Å². The molecule has 0 aromatic heterocycles. The van der Waals surface area contributed by atoms with Crippen molar-refractivity contribution in [2.75, 3.05) is 33.0 Å². The van der Waals surface area contributed by atoms with Gasteiger partial charge in [-0.15, -0.1) is 0 Å². The van der Waals surface area contributed by atoms with Gasteiger partial charge in [0, 0.05) is 0 Å². The zero-order chi connectivity index (χ0) is 10.5. The van der Waals surface area contributed by atoms with Crippen LogP contribution in [0.5, 0.6) is 0 Å². The summed E-state index contributed by atoms with van der Waals surface area (Å²) in [6.07, 6.45) is 6.60. The van der Waals surface area contributed by atoms with Gasteiger partial charge >= 0.3 is 0 Å². The number of ether oxygens (including phenoxy) is 2. The van der Waals surface area contributed by atoms with Crippen molar-refractivity contribution in [2.45, 2.75) is 39.0 Å². The molecular weight excluding hydrogens is 178 g/mol. The molecule has 86 valence electrons. The van der Waals surface area contributed by atoms with E-state index in [9.17, 15) is 0 Å². The molecule has 0 bridgehead atoms. The Balaban J connectivity index is 0.000000249. The maximum absolute atomic E-state index is 5.31. The van der Waals surface area contributed by atoms with Crippen molar-refractivity contribution in [3.63, 3.8) is 0 Å². The van der Waals surface area contributed by atoms with Crippen molar-refractivity contribution in [3.05, 3.63) is 0 Å². The van der Waals surface area contributed by atoms with Crippen LogP contribution in [0.25, 0.3) is 0 Å². The minimum Gasteiger partial charge on any atom is -0.377 e. The van der Waals surface area contributed by atoms with Gasteiger partial charge in [0.15, 0.2) is 0 Å². The number of nitrogens with two attached hydrogens (primary N) is 1. The van der Waals surface area contributed by atoms with Crippen molar-refractivity contribution in [2.24, 2.45) is 5.73 Å². The molecule has 0 aliphatic carbocycles. The van der Waals surface area contributed by atoms with E-state index in [0.717, 1.165) is 33.0 Å². The highest BCUT2D eigenvalue weighted by atomic mass is 16.6. The van der Waals surface area contributed by atoms with E-state index in [4.69, 9.17) is 15.2 Å². The van der Waals surface area contributed by atoms with E-state index < -0.39 is 0 Å². The molecule has 0 amide bonds. The Kier molecular flexibility index (Phi) is 12.8. The number of rotatable bonds is 5. The van der Waals surface area contributed by atoms with E-state index in [2.05, 4.69) is 6.92 Å². The van der Waals surface area contributed by atoms with Crippen LogP contribution in [-0.2, 0) is 9.47 Å². The fourth-order valence-corrected chi connectivity index (χ4v) is 1.19. The van der Waals surface area contributed by atoms with E-state index in [1.165, 1.54) is 32.1 Å². The SMILES string of the molecule is C1COCCO1.CCCCCCCN. The maximum Gasteiger partial charge on any atom is 0.0701 e. The maximum atomic E-state index is 5.31. The molecule has 1 fully saturated rings. The summed E-state index contributed by atoms with van der Waals surface area (Å²) >= 11 is 0. The second-order valence-corrected chi connectivity index (χ2v) is 3.43. The standard InChI is InChI=1S/C7H17N.C4H8O2/c1-2-3-4-5-6-7-8;1-2-6-4-3-5-1/h2-8H2,1H3;1-4H2. The first-order chi connectivity index (χ1) is 6.91. The van der Waals surface area contributed by atoms with Crippen molar-refractivity contribution in [1.82, 2.24) is 0 Å². The largest absolute Gasteiger partial charge is 0.377 e. The monoisotopic (exact) mass is 203 g/mol. The molecule has 0 spiro atoms. The van der Waals surface area contributed by atoms with E-state index in [-0.39, 0.29) is 0 Å². The summed E-state index contributed by atoms with van der Waals surface area (Å²) in [7, 11) is 0. The summed E-state index contributed by atoms with van der Waals surface area (Å²) in [5.41, 5.74) is 5.31. The first-order valence-corrected chi connectivity index (χ1v) is 5.77.